The van der Waals surface area contributed by atoms with Crippen LogP contribution in [0.3, 0.4) is 0 Å². The Morgan fingerprint density at radius 2 is 1.86 bits per heavy atom. The van der Waals surface area contributed by atoms with Crippen LogP contribution in [0.2, 0.25) is 0 Å². The number of nitrogens with one attached hydrogen (secondary N) is 1. The molecule has 4 rings (SSSR count). The van der Waals surface area contributed by atoms with Gasteiger partial charge in [0.25, 0.3) is 5.91 Å². The van der Waals surface area contributed by atoms with Crippen LogP contribution in [0, 0.1) is 6.92 Å². The van der Waals surface area contributed by atoms with Crippen LogP contribution < -0.4 is 5.32 Å². The molecule has 0 saturated carbocycles. The van der Waals surface area contributed by atoms with Gasteiger partial charge in [0.2, 0.25) is 0 Å². The van der Waals surface area contributed by atoms with Crippen molar-refractivity contribution in [2.45, 2.75) is 20.3 Å². The van der Waals surface area contributed by atoms with Gasteiger partial charge in [0.15, 0.2) is 0 Å². The SMILES string of the molecule is CCc1cccc(C)c1NC(=O)c1cc(-c2ccncc2)nc2ccc(Br)cc12. The van der Waals surface area contributed by atoms with E-state index in [4.69, 9.17) is 4.98 Å². The van der Waals surface area contributed by atoms with Crippen molar-refractivity contribution >= 4 is 38.4 Å². The molecule has 1 N–H and O–H groups in total. The third-order valence-corrected chi connectivity index (χ3v) is 5.46. The van der Waals surface area contributed by atoms with Gasteiger partial charge in [0.05, 0.1) is 16.8 Å². The number of rotatable bonds is 4. The van der Waals surface area contributed by atoms with Crippen LogP contribution in [0.5, 0.6) is 0 Å². The second-order valence-electron chi connectivity index (χ2n) is 6.87. The number of fused-ring (bicyclic) bond motifs is 1. The van der Waals surface area contributed by atoms with E-state index in [1.807, 2.05) is 61.5 Å². The zero-order valence-corrected chi connectivity index (χ0v) is 17.8. The topological polar surface area (TPSA) is 54.9 Å². The highest BCUT2D eigenvalue weighted by atomic mass is 79.9. The molecule has 1 amide bonds. The molecule has 0 bridgehead atoms. The molecule has 0 radical (unpaired) electrons. The number of carbonyl (C=O) groups is 1. The summed E-state index contributed by atoms with van der Waals surface area (Å²) in [6, 6.07) is 17.5. The predicted octanol–water partition coefficient (Wildman–Crippen LogP) is 6.18. The minimum absolute atomic E-state index is 0.144. The quantitative estimate of drug-likeness (QED) is 0.407. The minimum Gasteiger partial charge on any atom is -0.321 e. The summed E-state index contributed by atoms with van der Waals surface area (Å²) in [7, 11) is 0. The number of aryl methyl sites for hydroxylation is 2. The Kier molecular flexibility index (Phi) is 5.41. The predicted molar refractivity (Wildman–Crippen MR) is 121 cm³/mol. The summed E-state index contributed by atoms with van der Waals surface area (Å²) in [4.78, 5) is 22.2. The van der Waals surface area contributed by atoms with Gasteiger partial charge < -0.3 is 5.32 Å². The molecule has 0 aliphatic heterocycles. The van der Waals surface area contributed by atoms with Crippen LogP contribution in [0.4, 0.5) is 5.69 Å². The Morgan fingerprint density at radius 1 is 1.07 bits per heavy atom. The summed E-state index contributed by atoms with van der Waals surface area (Å²) >= 11 is 3.51. The van der Waals surface area contributed by atoms with Crippen LogP contribution in [0.25, 0.3) is 22.2 Å². The molecule has 5 heteroatoms. The minimum atomic E-state index is -0.144. The second-order valence-corrected chi connectivity index (χ2v) is 7.78. The first-order valence-electron chi connectivity index (χ1n) is 9.47. The van der Waals surface area contributed by atoms with Crippen molar-refractivity contribution < 1.29 is 4.79 Å². The molecule has 0 aliphatic rings. The molecule has 2 aromatic heterocycles. The number of aromatic nitrogens is 2. The highest BCUT2D eigenvalue weighted by Crippen LogP contribution is 2.29. The number of pyridine rings is 2. The summed E-state index contributed by atoms with van der Waals surface area (Å²) in [5.74, 6) is -0.144. The van der Waals surface area contributed by atoms with Gasteiger partial charge in [0.1, 0.15) is 0 Å². The van der Waals surface area contributed by atoms with Crippen LogP contribution in [0.15, 0.2) is 71.5 Å². The molecule has 4 nitrogen and oxygen atoms in total. The smallest absolute Gasteiger partial charge is 0.256 e. The van der Waals surface area contributed by atoms with Crippen LogP contribution in [-0.4, -0.2) is 15.9 Å². The van der Waals surface area contributed by atoms with E-state index in [0.29, 0.717) is 5.56 Å². The van der Waals surface area contributed by atoms with Crippen LogP contribution in [0.1, 0.15) is 28.4 Å². The number of nitrogens with zero attached hydrogens (tertiary/aromatic N) is 2. The van der Waals surface area contributed by atoms with E-state index in [9.17, 15) is 4.79 Å². The fourth-order valence-corrected chi connectivity index (χ4v) is 3.80. The first-order valence-corrected chi connectivity index (χ1v) is 10.3. The van der Waals surface area contributed by atoms with E-state index in [2.05, 4.69) is 33.2 Å². The Bertz CT molecular complexity index is 1210. The van der Waals surface area contributed by atoms with Gasteiger partial charge in [-0.05, 0) is 60.9 Å². The lowest BCUT2D eigenvalue weighted by atomic mass is 10.0. The highest BCUT2D eigenvalue weighted by molar-refractivity contribution is 9.10. The maximum absolute atomic E-state index is 13.4. The molecule has 0 spiro atoms. The van der Waals surface area contributed by atoms with Gasteiger partial charge in [-0.1, -0.05) is 41.1 Å². The van der Waals surface area contributed by atoms with Gasteiger partial charge in [-0.3, -0.25) is 9.78 Å². The van der Waals surface area contributed by atoms with E-state index in [1.165, 1.54) is 0 Å². The van der Waals surface area contributed by atoms with Crippen molar-refractivity contribution in [1.29, 1.82) is 0 Å². The van der Waals surface area contributed by atoms with Crippen molar-refractivity contribution in [1.82, 2.24) is 9.97 Å². The van der Waals surface area contributed by atoms with Crippen LogP contribution in [-0.2, 0) is 6.42 Å². The molecule has 0 fully saturated rings. The molecule has 144 valence electrons. The number of anilines is 1. The Labute approximate surface area is 178 Å². The lowest BCUT2D eigenvalue weighted by molar-refractivity contribution is 0.102. The fourth-order valence-electron chi connectivity index (χ4n) is 3.44. The number of halogens is 1. The third-order valence-electron chi connectivity index (χ3n) is 4.97. The summed E-state index contributed by atoms with van der Waals surface area (Å²) in [6.45, 7) is 4.10. The summed E-state index contributed by atoms with van der Waals surface area (Å²) in [6.07, 6.45) is 4.30. The van der Waals surface area contributed by atoms with Crippen molar-refractivity contribution in [2.75, 3.05) is 5.32 Å². The van der Waals surface area contributed by atoms with Gasteiger partial charge >= 0.3 is 0 Å². The number of benzene rings is 2. The maximum atomic E-state index is 13.4. The van der Waals surface area contributed by atoms with Crippen LogP contribution >= 0.6 is 15.9 Å². The molecule has 4 aromatic rings. The standard InChI is InChI=1S/C24H20BrN3O/c1-3-16-6-4-5-15(2)23(16)28-24(29)20-14-22(17-9-11-26-12-10-17)27-21-8-7-18(25)13-19(20)21/h4-14H,3H2,1-2H3,(H,28,29). The number of carbonyl (C=O) groups excluding carboxylic acids is 1. The molecule has 0 aliphatic carbocycles. The first-order chi connectivity index (χ1) is 14.1. The summed E-state index contributed by atoms with van der Waals surface area (Å²) in [5.41, 5.74) is 6.07. The number of hydrogen-bond donors (Lipinski definition) is 1. The normalized spacial score (nSPS) is 10.9. The molecular formula is C24H20BrN3O. The average Bonchev–Trinajstić information content (AvgIpc) is 2.75. The number of amides is 1. The summed E-state index contributed by atoms with van der Waals surface area (Å²) < 4.78 is 0.905. The van der Waals surface area contributed by atoms with Gasteiger partial charge in [-0.25, -0.2) is 4.98 Å². The lowest BCUT2D eigenvalue weighted by Crippen LogP contribution is -2.15. The average molecular weight is 446 g/mol. The molecule has 2 aromatic carbocycles. The molecular weight excluding hydrogens is 426 g/mol. The van der Waals surface area contributed by atoms with Crippen molar-refractivity contribution in [3.63, 3.8) is 0 Å². The summed E-state index contributed by atoms with van der Waals surface area (Å²) in [5, 5.41) is 3.95. The van der Waals surface area contributed by atoms with Gasteiger partial charge in [-0.15, -0.1) is 0 Å². The van der Waals surface area contributed by atoms with E-state index in [-0.39, 0.29) is 5.91 Å². The monoisotopic (exact) mass is 445 g/mol. The second kappa shape index (κ2) is 8.13. The Balaban J connectivity index is 1.86. The van der Waals surface area contributed by atoms with Crippen molar-refractivity contribution in [2.24, 2.45) is 0 Å². The van der Waals surface area contributed by atoms with Gasteiger partial charge in [0, 0.05) is 33.5 Å². The van der Waals surface area contributed by atoms with E-state index in [1.54, 1.807) is 12.4 Å². The largest absolute Gasteiger partial charge is 0.321 e. The molecule has 0 saturated heterocycles. The zero-order chi connectivity index (χ0) is 20.4. The van der Waals surface area contributed by atoms with E-state index < -0.39 is 0 Å². The molecule has 0 atom stereocenters. The number of hydrogen-bond acceptors (Lipinski definition) is 3. The fraction of sp³-hybridized carbons (Fsp3) is 0.125. The van der Waals surface area contributed by atoms with Gasteiger partial charge in [-0.2, -0.15) is 0 Å². The van der Waals surface area contributed by atoms with Crippen molar-refractivity contribution in [3.05, 3.63) is 88.2 Å². The maximum Gasteiger partial charge on any atom is 0.256 e. The Morgan fingerprint density at radius 3 is 2.62 bits per heavy atom. The third kappa shape index (κ3) is 3.91. The molecule has 2 heterocycles. The number of para-hydroxylation sites is 1. The van der Waals surface area contributed by atoms with E-state index in [0.717, 1.165) is 49.9 Å². The van der Waals surface area contributed by atoms with Crippen molar-refractivity contribution in [3.8, 4) is 11.3 Å². The Hall–Kier alpha value is -3.05. The zero-order valence-electron chi connectivity index (χ0n) is 16.2. The lowest BCUT2D eigenvalue weighted by Gasteiger charge is -2.15. The highest BCUT2D eigenvalue weighted by Gasteiger charge is 2.16. The van der Waals surface area contributed by atoms with E-state index >= 15 is 0 Å². The first kappa shape index (κ1) is 19.3. The molecule has 0 unspecified atom stereocenters. The molecule has 29 heavy (non-hydrogen) atoms.